The van der Waals surface area contributed by atoms with Crippen LogP contribution in [0, 0.1) is 3.57 Å². The van der Waals surface area contributed by atoms with Crippen molar-refractivity contribution in [2.75, 3.05) is 0 Å². The van der Waals surface area contributed by atoms with Crippen LogP contribution in [0.5, 0.6) is 0 Å². The molecule has 0 aliphatic heterocycles. The molecule has 0 aliphatic rings. The van der Waals surface area contributed by atoms with E-state index in [9.17, 15) is 9.90 Å². The van der Waals surface area contributed by atoms with E-state index in [1.807, 2.05) is 36.4 Å². The Balaban J connectivity index is 2.73. The molecule has 0 radical (unpaired) electrons. The smallest absolute Gasteiger partial charge is 0.357 e. The maximum absolute atomic E-state index is 11.2. The third-order valence-electron chi connectivity index (χ3n) is 2.75. The lowest BCUT2D eigenvalue weighted by Gasteiger charge is -2.12. The number of carboxylic acid groups (broad SMARTS) is 1. The second kappa shape index (κ2) is 5.91. The molecule has 4 nitrogen and oxygen atoms in total. The molecule has 0 bridgehead atoms. The summed E-state index contributed by atoms with van der Waals surface area (Å²) in [5, 5.41) is 14.3. The highest BCUT2D eigenvalue weighted by Gasteiger charge is 2.24. The Hall–Kier alpha value is -0.790. The molecular formula is C13H11Cl2IN2O2. The van der Waals surface area contributed by atoms with Crippen LogP contribution in [0.15, 0.2) is 18.2 Å². The van der Waals surface area contributed by atoms with Crippen molar-refractivity contribution in [2.45, 2.75) is 19.8 Å². The largest absolute Gasteiger partial charge is 0.476 e. The molecule has 1 aromatic heterocycles. The van der Waals surface area contributed by atoms with E-state index in [-0.39, 0.29) is 11.6 Å². The molecule has 0 aliphatic carbocycles. The minimum Gasteiger partial charge on any atom is -0.476 e. The Bertz CT molecular complexity index is 683. The second-order valence-corrected chi connectivity index (χ2v) is 6.44. The number of hydrogen-bond acceptors (Lipinski definition) is 2. The molecule has 2 aromatic rings. The Morgan fingerprint density at radius 1 is 1.40 bits per heavy atom. The fourth-order valence-electron chi connectivity index (χ4n) is 1.88. The molecular weight excluding hydrogens is 414 g/mol. The van der Waals surface area contributed by atoms with Gasteiger partial charge in [-0.3, -0.25) is 0 Å². The summed E-state index contributed by atoms with van der Waals surface area (Å²) in [5.41, 5.74) is 1.46. The molecule has 0 spiro atoms. The van der Waals surface area contributed by atoms with Crippen molar-refractivity contribution in [3.05, 3.63) is 43.2 Å². The van der Waals surface area contributed by atoms with E-state index in [0.717, 1.165) is 5.69 Å². The maximum Gasteiger partial charge on any atom is 0.357 e. The molecule has 0 saturated heterocycles. The lowest BCUT2D eigenvalue weighted by molar-refractivity contribution is 0.0689. The average molecular weight is 425 g/mol. The normalized spacial score (nSPS) is 11.1. The summed E-state index contributed by atoms with van der Waals surface area (Å²) in [7, 11) is 0. The number of benzene rings is 1. The third kappa shape index (κ3) is 2.80. The summed E-state index contributed by atoms with van der Waals surface area (Å²) in [6.07, 6.45) is 0. The molecule has 0 saturated carbocycles. The summed E-state index contributed by atoms with van der Waals surface area (Å²) < 4.78 is 2.20. The van der Waals surface area contributed by atoms with Crippen LogP contribution in [0.1, 0.15) is 35.9 Å². The van der Waals surface area contributed by atoms with Gasteiger partial charge >= 0.3 is 5.97 Å². The number of carboxylic acids is 1. The van der Waals surface area contributed by atoms with E-state index in [1.165, 1.54) is 0 Å². The molecule has 0 atom stereocenters. The van der Waals surface area contributed by atoms with Gasteiger partial charge in [-0.15, -0.1) is 0 Å². The topological polar surface area (TPSA) is 55.1 Å². The minimum atomic E-state index is -1.06. The third-order valence-corrected chi connectivity index (χ3v) is 4.35. The fourth-order valence-corrected chi connectivity index (χ4v) is 3.56. The van der Waals surface area contributed by atoms with Gasteiger partial charge in [-0.1, -0.05) is 37.0 Å². The number of aromatic carboxylic acids is 1. The summed E-state index contributed by atoms with van der Waals surface area (Å²) in [5.74, 6) is -0.950. The predicted octanol–water partition coefficient (Wildman–Crippen LogP) is 4.61. The van der Waals surface area contributed by atoms with Crippen LogP contribution < -0.4 is 0 Å². The van der Waals surface area contributed by atoms with Crippen LogP contribution in [0.2, 0.25) is 10.0 Å². The van der Waals surface area contributed by atoms with Gasteiger partial charge in [0.15, 0.2) is 5.69 Å². The summed E-state index contributed by atoms with van der Waals surface area (Å²) >= 11 is 14.1. The molecule has 1 heterocycles. The SMILES string of the molecule is CC(C)c1c(I)c(C(=O)O)nn1-c1ccc(Cl)cc1Cl. The van der Waals surface area contributed by atoms with E-state index in [0.29, 0.717) is 19.3 Å². The van der Waals surface area contributed by atoms with Gasteiger partial charge in [0.2, 0.25) is 0 Å². The van der Waals surface area contributed by atoms with E-state index in [2.05, 4.69) is 5.10 Å². The number of nitrogens with zero attached hydrogens (tertiary/aromatic N) is 2. The fraction of sp³-hybridized carbons (Fsp3) is 0.231. The van der Waals surface area contributed by atoms with Crippen molar-refractivity contribution in [3.63, 3.8) is 0 Å². The summed E-state index contributed by atoms with van der Waals surface area (Å²) in [6.45, 7) is 3.95. The lowest BCUT2D eigenvalue weighted by atomic mass is 10.1. The van der Waals surface area contributed by atoms with E-state index in [4.69, 9.17) is 23.2 Å². The second-order valence-electron chi connectivity index (χ2n) is 4.52. The van der Waals surface area contributed by atoms with Gasteiger partial charge in [0.1, 0.15) is 0 Å². The number of rotatable bonds is 3. The minimum absolute atomic E-state index is 0.0281. The number of aromatic nitrogens is 2. The Morgan fingerprint density at radius 3 is 2.55 bits per heavy atom. The van der Waals surface area contributed by atoms with Crippen LogP contribution >= 0.6 is 45.8 Å². The first-order chi connectivity index (χ1) is 9.32. The molecule has 1 aromatic carbocycles. The summed E-state index contributed by atoms with van der Waals surface area (Å²) in [6, 6.07) is 5.03. The number of hydrogen-bond donors (Lipinski definition) is 1. The standard InChI is InChI=1S/C13H11Cl2IN2O2/c1-6(2)12-10(16)11(13(19)20)17-18(12)9-4-3-7(14)5-8(9)15/h3-6H,1-2H3,(H,19,20). The number of carbonyl (C=O) groups is 1. The zero-order valence-electron chi connectivity index (χ0n) is 10.7. The predicted molar refractivity (Wildman–Crippen MR) is 87.3 cm³/mol. The first-order valence-electron chi connectivity index (χ1n) is 5.80. The average Bonchev–Trinajstić information content (AvgIpc) is 2.66. The van der Waals surface area contributed by atoms with Crippen molar-refractivity contribution < 1.29 is 9.90 Å². The zero-order chi connectivity index (χ0) is 15.0. The molecule has 0 amide bonds. The van der Waals surface area contributed by atoms with Crippen LogP contribution in [-0.2, 0) is 0 Å². The van der Waals surface area contributed by atoms with Crippen molar-refractivity contribution in [1.29, 1.82) is 0 Å². The van der Waals surface area contributed by atoms with Gasteiger partial charge in [-0.25, -0.2) is 9.48 Å². The van der Waals surface area contributed by atoms with E-state index < -0.39 is 5.97 Å². The van der Waals surface area contributed by atoms with Crippen molar-refractivity contribution in [2.24, 2.45) is 0 Å². The summed E-state index contributed by atoms with van der Waals surface area (Å²) in [4.78, 5) is 11.2. The van der Waals surface area contributed by atoms with Crippen molar-refractivity contribution >= 4 is 51.8 Å². The molecule has 106 valence electrons. The van der Waals surface area contributed by atoms with Gasteiger partial charge in [0, 0.05) is 5.02 Å². The van der Waals surface area contributed by atoms with Crippen LogP contribution in [-0.4, -0.2) is 20.9 Å². The molecule has 7 heteroatoms. The van der Waals surface area contributed by atoms with Crippen LogP contribution in [0.4, 0.5) is 0 Å². The monoisotopic (exact) mass is 424 g/mol. The van der Waals surface area contributed by atoms with E-state index in [1.54, 1.807) is 22.9 Å². The highest BCUT2D eigenvalue weighted by Crippen LogP contribution is 2.31. The molecule has 2 rings (SSSR count). The first kappa shape index (κ1) is 15.6. The van der Waals surface area contributed by atoms with Gasteiger partial charge < -0.3 is 5.11 Å². The quantitative estimate of drug-likeness (QED) is 0.732. The maximum atomic E-state index is 11.2. The first-order valence-corrected chi connectivity index (χ1v) is 7.63. The van der Waals surface area contributed by atoms with Gasteiger partial charge in [-0.05, 0) is 46.7 Å². The Kier molecular flexibility index (Phi) is 4.61. The Labute approximate surface area is 139 Å². The van der Waals surface area contributed by atoms with Crippen LogP contribution in [0.3, 0.4) is 0 Å². The highest BCUT2D eigenvalue weighted by atomic mass is 127. The Morgan fingerprint density at radius 2 is 2.05 bits per heavy atom. The van der Waals surface area contributed by atoms with Gasteiger partial charge in [0.25, 0.3) is 0 Å². The van der Waals surface area contributed by atoms with Crippen LogP contribution in [0.25, 0.3) is 5.69 Å². The molecule has 0 unspecified atom stereocenters. The van der Waals surface area contributed by atoms with E-state index >= 15 is 0 Å². The molecule has 1 N–H and O–H groups in total. The highest BCUT2D eigenvalue weighted by molar-refractivity contribution is 14.1. The molecule has 20 heavy (non-hydrogen) atoms. The molecule has 0 fully saturated rings. The van der Waals surface area contributed by atoms with Crippen molar-refractivity contribution in [3.8, 4) is 5.69 Å². The van der Waals surface area contributed by atoms with Gasteiger partial charge in [0.05, 0.1) is 20.0 Å². The number of halogens is 3. The zero-order valence-corrected chi connectivity index (χ0v) is 14.4. The lowest BCUT2D eigenvalue weighted by Crippen LogP contribution is -2.05. The van der Waals surface area contributed by atoms with Crippen molar-refractivity contribution in [1.82, 2.24) is 9.78 Å². The van der Waals surface area contributed by atoms with Gasteiger partial charge in [-0.2, -0.15) is 5.10 Å².